The Bertz CT molecular complexity index is 1030. The molecule has 0 spiro atoms. The van der Waals surface area contributed by atoms with E-state index >= 15 is 0 Å². The summed E-state index contributed by atoms with van der Waals surface area (Å²) in [5, 5.41) is 1.10. The third-order valence-corrected chi connectivity index (χ3v) is 5.07. The van der Waals surface area contributed by atoms with Gasteiger partial charge in [-0.05, 0) is 36.5 Å². The molecule has 1 atom stereocenters. The van der Waals surface area contributed by atoms with Crippen molar-refractivity contribution in [3.63, 3.8) is 0 Å². The first-order valence-electron chi connectivity index (χ1n) is 8.89. The lowest BCUT2D eigenvalue weighted by Gasteiger charge is -2.11. The van der Waals surface area contributed by atoms with Crippen LogP contribution in [0.4, 0.5) is 0 Å². The SMILES string of the molecule is CC[C@@H](C)c1ccc(C(=O)COc2cc3oc(=O)cc(C)c3cc2Cl)cc1. The number of hydrogen-bond acceptors (Lipinski definition) is 4. The third-order valence-electron chi connectivity index (χ3n) is 4.78. The highest BCUT2D eigenvalue weighted by Gasteiger charge is 2.13. The first kappa shape index (κ1) is 19.2. The molecule has 0 saturated heterocycles. The Hall–Kier alpha value is -2.59. The van der Waals surface area contributed by atoms with Gasteiger partial charge in [-0.25, -0.2) is 4.79 Å². The van der Waals surface area contributed by atoms with Crippen LogP contribution in [-0.2, 0) is 0 Å². The van der Waals surface area contributed by atoms with E-state index in [4.69, 9.17) is 20.8 Å². The van der Waals surface area contributed by atoms with Crippen molar-refractivity contribution in [2.24, 2.45) is 0 Å². The third kappa shape index (κ3) is 4.22. The van der Waals surface area contributed by atoms with E-state index < -0.39 is 5.63 Å². The van der Waals surface area contributed by atoms with Gasteiger partial charge >= 0.3 is 5.63 Å². The van der Waals surface area contributed by atoms with Crippen LogP contribution >= 0.6 is 11.6 Å². The van der Waals surface area contributed by atoms with Crippen LogP contribution < -0.4 is 10.4 Å². The van der Waals surface area contributed by atoms with Crippen LogP contribution in [-0.4, -0.2) is 12.4 Å². The van der Waals surface area contributed by atoms with Crippen LogP contribution in [0.1, 0.15) is 47.7 Å². The molecule has 3 rings (SSSR count). The molecule has 0 unspecified atom stereocenters. The molecule has 3 aromatic rings. The van der Waals surface area contributed by atoms with Crippen molar-refractivity contribution in [2.45, 2.75) is 33.1 Å². The first-order chi connectivity index (χ1) is 12.9. The molecule has 2 aromatic carbocycles. The van der Waals surface area contributed by atoms with Crippen molar-refractivity contribution in [3.05, 3.63) is 74.6 Å². The maximum Gasteiger partial charge on any atom is 0.336 e. The van der Waals surface area contributed by atoms with Crippen LogP contribution in [0.5, 0.6) is 5.75 Å². The smallest absolute Gasteiger partial charge is 0.336 e. The van der Waals surface area contributed by atoms with Gasteiger partial charge in [0.2, 0.25) is 0 Å². The fourth-order valence-corrected chi connectivity index (χ4v) is 3.11. The lowest BCUT2D eigenvalue weighted by atomic mass is 9.97. The summed E-state index contributed by atoms with van der Waals surface area (Å²) in [7, 11) is 0. The second-order valence-electron chi connectivity index (χ2n) is 6.67. The van der Waals surface area contributed by atoms with Gasteiger partial charge in [0.1, 0.15) is 11.3 Å². The summed E-state index contributed by atoms with van der Waals surface area (Å²) in [6.07, 6.45) is 1.05. The van der Waals surface area contributed by atoms with E-state index in [0.717, 1.165) is 17.4 Å². The van der Waals surface area contributed by atoms with E-state index in [1.807, 2.05) is 31.2 Å². The molecule has 0 radical (unpaired) electrons. The van der Waals surface area contributed by atoms with Crippen LogP contribution in [0.2, 0.25) is 5.02 Å². The highest BCUT2D eigenvalue weighted by molar-refractivity contribution is 6.32. The molecule has 0 saturated carbocycles. The Balaban J connectivity index is 1.77. The standard InChI is InChI=1S/C22H21ClO4/c1-4-13(2)15-5-7-16(8-6-15)19(24)12-26-21-11-20-17(10-18(21)23)14(3)9-22(25)27-20/h5-11,13H,4,12H2,1-3H3/t13-/m1/s1. The Labute approximate surface area is 162 Å². The molecule has 0 fully saturated rings. The predicted octanol–water partition coefficient (Wildman–Crippen LogP) is 5.53. The van der Waals surface area contributed by atoms with Gasteiger partial charge in [0.15, 0.2) is 12.4 Å². The topological polar surface area (TPSA) is 56.5 Å². The molecule has 0 bridgehead atoms. The average molecular weight is 385 g/mol. The molecule has 5 heteroatoms. The van der Waals surface area contributed by atoms with Gasteiger partial charge in [-0.3, -0.25) is 4.79 Å². The fourth-order valence-electron chi connectivity index (χ4n) is 2.89. The zero-order chi connectivity index (χ0) is 19.6. The maximum atomic E-state index is 12.4. The molecule has 0 N–H and O–H groups in total. The van der Waals surface area contributed by atoms with Crippen molar-refractivity contribution in [1.82, 2.24) is 0 Å². The molecule has 0 amide bonds. The van der Waals surface area contributed by atoms with E-state index in [-0.39, 0.29) is 12.4 Å². The molecular formula is C22H21ClO4. The van der Waals surface area contributed by atoms with Gasteiger partial charge in [-0.15, -0.1) is 0 Å². The minimum absolute atomic E-state index is 0.146. The largest absolute Gasteiger partial charge is 0.484 e. The molecule has 1 heterocycles. The summed E-state index contributed by atoms with van der Waals surface area (Å²) < 4.78 is 10.8. The highest BCUT2D eigenvalue weighted by Crippen LogP contribution is 2.31. The zero-order valence-corrected chi connectivity index (χ0v) is 16.3. The van der Waals surface area contributed by atoms with Crippen LogP contribution in [0.15, 0.2) is 51.7 Å². The highest BCUT2D eigenvalue weighted by atomic mass is 35.5. The van der Waals surface area contributed by atoms with Crippen molar-refractivity contribution in [1.29, 1.82) is 0 Å². The van der Waals surface area contributed by atoms with Crippen molar-refractivity contribution in [3.8, 4) is 5.75 Å². The van der Waals surface area contributed by atoms with E-state index in [0.29, 0.717) is 27.8 Å². The van der Waals surface area contributed by atoms with Gasteiger partial charge in [0.25, 0.3) is 0 Å². The normalized spacial score (nSPS) is 12.1. The Morgan fingerprint density at radius 2 is 1.89 bits per heavy atom. The summed E-state index contributed by atoms with van der Waals surface area (Å²) >= 11 is 6.26. The van der Waals surface area contributed by atoms with E-state index in [9.17, 15) is 9.59 Å². The molecule has 0 aliphatic heterocycles. The van der Waals surface area contributed by atoms with Gasteiger partial charge in [0, 0.05) is 23.1 Å². The minimum Gasteiger partial charge on any atom is -0.484 e. The van der Waals surface area contributed by atoms with Crippen molar-refractivity contribution >= 4 is 28.4 Å². The summed E-state index contributed by atoms with van der Waals surface area (Å²) in [6.45, 7) is 5.95. The summed E-state index contributed by atoms with van der Waals surface area (Å²) in [6, 6.07) is 12.2. The second-order valence-corrected chi connectivity index (χ2v) is 7.08. The van der Waals surface area contributed by atoms with Crippen molar-refractivity contribution in [2.75, 3.05) is 6.61 Å². The Morgan fingerprint density at radius 1 is 1.19 bits per heavy atom. The van der Waals surface area contributed by atoms with Crippen molar-refractivity contribution < 1.29 is 13.9 Å². The summed E-state index contributed by atoms with van der Waals surface area (Å²) in [5.41, 5.74) is 2.50. The number of aryl methyl sites for hydroxylation is 1. The molecule has 4 nitrogen and oxygen atoms in total. The molecule has 27 heavy (non-hydrogen) atoms. The van der Waals surface area contributed by atoms with Crippen LogP contribution in [0, 0.1) is 6.92 Å². The number of Topliss-reactive ketones (excluding diaryl/α,β-unsaturated/α-hetero) is 1. The van der Waals surface area contributed by atoms with Crippen LogP contribution in [0.3, 0.4) is 0 Å². The van der Waals surface area contributed by atoms with Gasteiger partial charge < -0.3 is 9.15 Å². The maximum absolute atomic E-state index is 12.4. The number of fused-ring (bicyclic) bond motifs is 1. The Kier molecular flexibility index (Phi) is 5.66. The monoisotopic (exact) mass is 384 g/mol. The second kappa shape index (κ2) is 7.97. The number of ketones is 1. The zero-order valence-electron chi connectivity index (χ0n) is 15.5. The Morgan fingerprint density at radius 3 is 2.56 bits per heavy atom. The number of benzene rings is 2. The predicted molar refractivity (Wildman–Crippen MR) is 107 cm³/mol. The van der Waals surface area contributed by atoms with E-state index in [1.54, 1.807) is 12.1 Å². The number of ether oxygens (including phenoxy) is 1. The minimum atomic E-state index is -0.439. The number of carbonyl (C=O) groups excluding carboxylic acids is 1. The van der Waals surface area contributed by atoms with E-state index in [2.05, 4.69) is 13.8 Å². The number of carbonyl (C=O) groups is 1. The number of halogens is 1. The molecule has 140 valence electrons. The molecule has 0 aliphatic carbocycles. The quantitative estimate of drug-likeness (QED) is 0.414. The van der Waals surface area contributed by atoms with E-state index in [1.165, 1.54) is 11.6 Å². The fraction of sp³-hybridized carbons (Fsp3) is 0.273. The van der Waals surface area contributed by atoms with Gasteiger partial charge in [-0.1, -0.05) is 49.7 Å². The molecule has 1 aromatic heterocycles. The number of hydrogen-bond donors (Lipinski definition) is 0. The summed E-state index contributed by atoms with van der Waals surface area (Å²) in [4.78, 5) is 24.0. The molecular weight excluding hydrogens is 364 g/mol. The average Bonchev–Trinajstić information content (AvgIpc) is 2.66. The van der Waals surface area contributed by atoms with Gasteiger partial charge in [0.05, 0.1) is 5.02 Å². The van der Waals surface area contributed by atoms with Gasteiger partial charge in [-0.2, -0.15) is 0 Å². The lowest BCUT2D eigenvalue weighted by Crippen LogP contribution is -2.12. The summed E-state index contributed by atoms with van der Waals surface area (Å²) in [5.74, 6) is 0.620. The van der Waals surface area contributed by atoms with Crippen LogP contribution in [0.25, 0.3) is 11.0 Å². The first-order valence-corrected chi connectivity index (χ1v) is 9.26. The number of rotatable bonds is 6. The molecule has 0 aliphatic rings. The lowest BCUT2D eigenvalue weighted by molar-refractivity contribution is 0.0921.